The summed E-state index contributed by atoms with van der Waals surface area (Å²) in [6, 6.07) is 7.89. The molecule has 1 heterocycles. The summed E-state index contributed by atoms with van der Waals surface area (Å²) in [7, 11) is 0. The average Bonchev–Trinajstić information content (AvgIpc) is 3.05. The molecule has 0 N–H and O–H groups in total. The van der Waals surface area contributed by atoms with Crippen LogP contribution in [-0.2, 0) is 19.9 Å². The van der Waals surface area contributed by atoms with Crippen LogP contribution in [0.25, 0.3) is 0 Å². The van der Waals surface area contributed by atoms with Gasteiger partial charge in [0.05, 0.1) is 6.61 Å². The Labute approximate surface area is 101 Å². The van der Waals surface area contributed by atoms with Gasteiger partial charge in [-0.15, -0.1) is 0 Å². The minimum atomic E-state index is -0.802. The Kier molecular flexibility index (Phi) is 2.44. The highest BCUT2D eigenvalue weighted by Gasteiger charge is 2.56. The van der Waals surface area contributed by atoms with Crippen LogP contribution in [0.4, 0.5) is 0 Å². The van der Waals surface area contributed by atoms with E-state index in [2.05, 4.69) is 0 Å². The Morgan fingerprint density at radius 3 is 2.47 bits per heavy atom. The largest absolute Gasteiger partial charge is 0.460 e. The van der Waals surface area contributed by atoms with Gasteiger partial charge in [0.15, 0.2) is 0 Å². The van der Waals surface area contributed by atoms with Crippen LogP contribution in [0.2, 0.25) is 0 Å². The van der Waals surface area contributed by atoms with Crippen LogP contribution in [0, 0.1) is 6.92 Å². The molecule has 3 rings (SSSR count). The van der Waals surface area contributed by atoms with E-state index in [1.807, 2.05) is 31.2 Å². The zero-order chi connectivity index (χ0) is 11.9. The highest BCUT2D eigenvalue weighted by molar-refractivity contribution is 5.84. The summed E-state index contributed by atoms with van der Waals surface area (Å²) in [5.74, 6) is -0.217. The highest BCUT2D eigenvalue weighted by Crippen LogP contribution is 2.41. The Balaban J connectivity index is 1.76. The first-order valence-electron chi connectivity index (χ1n) is 6.13. The molecule has 1 saturated carbocycles. The Morgan fingerprint density at radius 1 is 1.35 bits per heavy atom. The van der Waals surface area contributed by atoms with Gasteiger partial charge in [-0.05, 0) is 31.7 Å². The lowest BCUT2D eigenvalue weighted by atomic mass is 9.95. The van der Waals surface area contributed by atoms with Crippen molar-refractivity contribution in [3.8, 4) is 0 Å². The van der Waals surface area contributed by atoms with E-state index in [4.69, 9.17) is 9.47 Å². The summed E-state index contributed by atoms with van der Waals surface area (Å²) in [6.07, 6.45) is 3.27. The van der Waals surface area contributed by atoms with Gasteiger partial charge in [0.2, 0.25) is 5.60 Å². The lowest BCUT2D eigenvalue weighted by molar-refractivity contribution is -0.160. The fourth-order valence-electron chi connectivity index (χ4n) is 2.03. The van der Waals surface area contributed by atoms with Crippen molar-refractivity contribution in [3.05, 3.63) is 35.4 Å². The maximum absolute atomic E-state index is 12.1. The zero-order valence-corrected chi connectivity index (χ0v) is 9.94. The molecule has 0 bridgehead atoms. The standard InChI is InChI=1S/C14H16O3/c1-10-5-7-11(8-6-10)14(9-16-14)13(15)17-12-3-2-4-12/h5-8,12H,2-4,9H2,1H3. The lowest BCUT2D eigenvalue weighted by Crippen LogP contribution is -2.32. The van der Waals surface area contributed by atoms with Crippen molar-refractivity contribution in [3.63, 3.8) is 0 Å². The third-order valence-electron chi connectivity index (χ3n) is 3.61. The van der Waals surface area contributed by atoms with E-state index in [-0.39, 0.29) is 12.1 Å². The minimum Gasteiger partial charge on any atom is -0.460 e. The number of ether oxygens (including phenoxy) is 2. The Bertz CT molecular complexity index is 427. The molecule has 1 unspecified atom stereocenters. The number of carbonyl (C=O) groups excluding carboxylic acids is 1. The van der Waals surface area contributed by atoms with E-state index in [0.717, 1.165) is 24.8 Å². The first kappa shape index (κ1) is 10.8. The smallest absolute Gasteiger partial charge is 0.345 e. The molecule has 1 aliphatic heterocycles. The van der Waals surface area contributed by atoms with E-state index in [9.17, 15) is 4.79 Å². The van der Waals surface area contributed by atoms with Gasteiger partial charge in [-0.3, -0.25) is 0 Å². The number of hydrogen-bond acceptors (Lipinski definition) is 3. The van der Waals surface area contributed by atoms with Crippen LogP contribution in [-0.4, -0.2) is 18.7 Å². The number of carbonyl (C=O) groups is 1. The molecule has 1 saturated heterocycles. The van der Waals surface area contributed by atoms with Crippen molar-refractivity contribution < 1.29 is 14.3 Å². The van der Waals surface area contributed by atoms with Crippen LogP contribution < -0.4 is 0 Å². The summed E-state index contributed by atoms with van der Waals surface area (Å²) in [4.78, 5) is 12.1. The topological polar surface area (TPSA) is 38.8 Å². The first-order chi connectivity index (χ1) is 8.21. The second-order valence-electron chi connectivity index (χ2n) is 4.94. The predicted molar refractivity (Wildman–Crippen MR) is 62.5 cm³/mol. The second kappa shape index (κ2) is 3.84. The number of aryl methyl sites for hydroxylation is 1. The van der Waals surface area contributed by atoms with Gasteiger partial charge in [0, 0.05) is 0 Å². The third kappa shape index (κ3) is 1.84. The number of benzene rings is 1. The van der Waals surface area contributed by atoms with Crippen molar-refractivity contribution in [2.24, 2.45) is 0 Å². The van der Waals surface area contributed by atoms with Crippen molar-refractivity contribution in [2.45, 2.75) is 37.9 Å². The molecule has 0 spiro atoms. The third-order valence-corrected chi connectivity index (χ3v) is 3.61. The molecule has 2 fully saturated rings. The van der Waals surface area contributed by atoms with Gasteiger partial charge < -0.3 is 9.47 Å². The van der Waals surface area contributed by atoms with Crippen LogP contribution in [0.3, 0.4) is 0 Å². The van der Waals surface area contributed by atoms with Crippen molar-refractivity contribution in [1.29, 1.82) is 0 Å². The SMILES string of the molecule is Cc1ccc(C2(C(=O)OC3CCC3)CO2)cc1. The molecule has 3 nitrogen and oxygen atoms in total. The Morgan fingerprint density at radius 2 is 2.00 bits per heavy atom. The summed E-state index contributed by atoms with van der Waals surface area (Å²) in [5, 5.41) is 0. The van der Waals surface area contributed by atoms with E-state index in [1.165, 1.54) is 5.56 Å². The molecule has 0 radical (unpaired) electrons. The summed E-state index contributed by atoms with van der Waals surface area (Å²) >= 11 is 0. The van der Waals surface area contributed by atoms with Crippen LogP contribution in [0.5, 0.6) is 0 Å². The monoisotopic (exact) mass is 232 g/mol. The molecule has 3 heteroatoms. The summed E-state index contributed by atoms with van der Waals surface area (Å²) in [6.45, 7) is 2.47. The Hall–Kier alpha value is -1.35. The normalized spacial score (nSPS) is 27.4. The number of epoxide rings is 1. The average molecular weight is 232 g/mol. The van der Waals surface area contributed by atoms with Gasteiger partial charge in [-0.1, -0.05) is 29.8 Å². The molecule has 17 heavy (non-hydrogen) atoms. The molecular weight excluding hydrogens is 216 g/mol. The predicted octanol–water partition coefficient (Wildman–Crippen LogP) is 2.32. The fourth-order valence-corrected chi connectivity index (χ4v) is 2.03. The van der Waals surface area contributed by atoms with Gasteiger partial charge in [0.1, 0.15) is 6.10 Å². The molecule has 90 valence electrons. The summed E-state index contributed by atoms with van der Waals surface area (Å²) in [5.41, 5.74) is 1.29. The number of hydrogen-bond donors (Lipinski definition) is 0. The molecule has 1 aromatic carbocycles. The molecule has 0 aromatic heterocycles. The van der Waals surface area contributed by atoms with Crippen LogP contribution in [0.1, 0.15) is 30.4 Å². The molecule has 1 aromatic rings. The summed E-state index contributed by atoms with van der Waals surface area (Å²) < 4.78 is 10.8. The molecule has 1 atom stereocenters. The van der Waals surface area contributed by atoms with Crippen molar-refractivity contribution in [1.82, 2.24) is 0 Å². The van der Waals surface area contributed by atoms with Crippen molar-refractivity contribution >= 4 is 5.97 Å². The van der Waals surface area contributed by atoms with E-state index in [0.29, 0.717) is 6.61 Å². The molecule has 2 aliphatic rings. The first-order valence-corrected chi connectivity index (χ1v) is 6.13. The highest BCUT2D eigenvalue weighted by atomic mass is 16.6. The number of esters is 1. The number of rotatable bonds is 3. The minimum absolute atomic E-state index is 0.119. The van der Waals surface area contributed by atoms with Gasteiger partial charge in [-0.25, -0.2) is 4.79 Å². The van der Waals surface area contributed by atoms with Crippen LogP contribution in [0.15, 0.2) is 24.3 Å². The zero-order valence-electron chi connectivity index (χ0n) is 9.94. The molecule has 1 aliphatic carbocycles. The fraction of sp³-hybridized carbons (Fsp3) is 0.500. The second-order valence-corrected chi connectivity index (χ2v) is 4.94. The quantitative estimate of drug-likeness (QED) is 0.593. The van der Waals surface area contributed by atoms with Gasteiger partial charge in [-0.2, -0.15) is 0 Å². The lowest BCUT2D eigenvalue weighted by Gasteiger charge is -2.26. The van der Waals surface area contributed by atoms with E-state index < -0.39 is 5.60 Å². The molecular formula is C14H16O3. The van der Waals surface area contributed by atoms with E-state index in [1.54, 1.807) is 0 Å². The maximum Gasteiger partial charge on any atom is 0.345 e. The van der Waals surface area contributed by atoms with Crippen molar-refractivity contribution in [2.75, 3.05) is 6.61 Å². The van der Waals surface area contributed by atoms with Crippen LogP contribution >= 0.6 is 0 Å². The van der Waals surface area contributed by atoms with Gasteiger partial charge in [0.25, 0.3) is 0 Å². The van der Waals surface area contributed by atoms with E-state index >= 15 is 0 Å². The molecule has 0 amide bonds. The van der Waals surface area contributed by atoms with Gasteiger partial charge >= 0.3 is 5.97 Å². The maximum atomic E-state index is 12.1.